The molecule has 1 saturated heterocycles. The second-order valence-corrected chi connectivity index (χ2v) is 7.69. The van der Waals surface area contributed by atoms with Crippen molar-refractivity contribution in [3.8, 4) is 6.19 Å². The Bertz CT molecular complexity index is 1120. The molecule has 130 valence electrons. The SMILES string of the molecule is N#CN=C1NC(=O)C(=Cc2ccc(C=Cc3nc4ccccc4s3)cc2)S1. The van der Waals surface area contributed by atoms with Crippen LogP contribution < -0.4 is 5.32 Å². The van der Waals surface area contributed by atoms with Gasteiger partial charge < -0.3 is 0 Å². The maximum atomic E-state index is 11.9. The fourth-order valence-electron chi connectivity index (χ4n) is 2.51. The summed E-state index contributed by atoms with van der Waals surface area (Å²) < 4.78 is 1.17. The topological polar surface area (TPSA) is 78.1 Å². The summed E-state index contributed by atoms with van der Waals surface area (Å²) in [6.45, 7) is 0. The number of thioether (sulfide) groups is 1. The molecule has 1 aromatic heterocycles. The summed E-state index contributed by atoms with van der Waals surface area (Å²) in [6, 6.07) is 15.9. The minimum Gasteiger partial charge on any atom is -0.300 e. The van der Waals surface area contributed by atoms with Gasteiger partial charge in [0.1, 0.15) is 5.01 Å². The van der Waals surface area contributed by atoms with Gasteiger partial charge >= 0.3 is 0 Å². The number of nitrogens with one attached hydrogen (secondary N) is 1. The van der Waals surface area contributed by atoms with Gasteiger partial charge in [0.05, 0.1) is 15.1 Å². The van der Waals surface area contributed by atoms with Crippen LogP contribution >= 0.6 is 23.1 Å². The third-order valence-corrected chi connectivity index (χ3v) is 5.68. The normalized spacial score (nSPS) is 17.1. The number of rotatable bonds is 3. The van der Waals surface area contributed by atoms with Crippen molar-refractivity contribution in [1.82, 2.24) is 10.3 Å². The molecule has 1 N–H and O–H groups in total. The Morgan fingerprint density at radius 3 is 2.63 bits per heavy atom. The van der Waals surface area contributed by atoms with Crippen LogP contribution in [0.3, 0.4) is 0 Å². The standard InChI is InChI=1S/C20H12N4OS2/c21-12-22-20-24-19(25)17(27-20)11-14-7-5-13(6-8-14)9-10-18-23-15-3-1-2-4-16(15)26-18/h1-11H,(H,22,24,25). The summed E-state index contributed by atoms with van der Waals surface area (Å²) in [5, 5.41) is 12.4. The van der Waals surface area contributed by atoms with Crippen LogP contribution in [0.4, 0.5) is 0 Å². The van der Waals surface area contributed by atoms with Gasteiger partial charge in [-0.1, -0.05) is 42.5 Å². The summed E-state index contributed by atoms with van der Waals surface area (Å²) in [7, 11) is 0. The van der Waals surface area contributed by atoms with E-state index in [-0.39, 0.29) is 5.91 Å². The highest BCUT2D eigenvalue weighted by Gasteiger charge is 2.23. The maximum absolute atomic E-state index is 11.9. The molecule has 1 aliphatic rings. The second kappa shape index (κ2) is 7.58. The lowest BCUT2D eigenvalue weighted by Gasteiger charge is -1.97. The number of carbonyl (C=O) groups excluding carboxylic acids is 1. The third kappa shape index (κ3) is 3.97. The molecule has 1 amide bonds. The molecule has 0 unspecified atom stereocenters. The quantitative estimate of drug-likeness (QED) is 0.529. The van der Waals surface area contributed by atoms with Crippen LogP contribution in [0.15, 0.2) is 58.4 Å². The molecule has 5 nitrogen and oxygen atoms in total. The highest BCUT2D eigenvalue weighted by Crippen LogP contribution is 2.26. The molecule has 2 aromatic carbocycles. The second-order valence-electron chi connectivity index (χ2n) is 5.60. The number of hydrogen-bond acceptors (Lipinski definition) is 6. The first-order valence-corrected chi connectivity index (χ1v) is 9.66. The van der Waals surface area contributed by atoms with E-state index in [1.54, 1.807) is 23.6 Å². The molecular formula is C20H12N4OS2. The fourth-order valence-corrected chi connectivity index (χ4v) is 4.16. The molecule has 7 heteroatoms. The summed E-state index contributed by atoms with van der Waals surface area (Å²) >= 11 is 2.82. The number of aliphatic imine (C=N–C) groups is 1. The Kier molecular flexibility index (Phi) is 4.83. The van der Waals surface area contributed by atoms with Crippen LogP contribution in [0.2, 0.25) is 0 Å². The number of nitriles is 1. The first-order valence-electron chi connectivity index (χ1n) is 8.03. The van der Waals surface area contributed by atoms with Crippen molar-refractivity contribution >= 4 is 62.6 Å². The van der Waals surface area contributed by atoms with Crippen molar-refractivity contribution < 1.29 is 4.79 Å². The van der Waals surface area contributed by atoms with Crippen molar-refractivity contribution in [1.29, 1.82) is 5.26 Å². The van der Waals surface area contributed by atoms with Gasteiger partial charge in [0.15, 0.2) is 5.17 Å². The number of aromatic nitrogens is 1. The molecular weight excluding hydrogens is 376 g/mol. The molecule has 0 atom stereocenters. The number of carbonyl (C=O) groups is 1. The Morgan fingerprint density at radius 2 is 1.85 bits per heavy atom. The molecule has 1 fully saturated rings. The molecule has 0 aliphatic carbocycles. The number of fused-ring (bicyclic) bond motifs is 1. The van der Waals surface area contributed by atoms with Crippen LogP contribution in [0.5, 0.6) is 0 Å². The van der Waals surface area contributed by atoms with Crippen LogP contribution in [0.25, 0.3) is 28.4 Å². The smallest absolute Gasteiger partial charge is 0.264 e. The number of thiazole rings is 1. The van der Waals surface area contributed by atoms with Crippen molar-refractivity contribution in [3.63, 3.8) is 0 Å². The number of amides is 1. The molecule has 0 spiro atoms. The van der Waals surface area contributed by atoms with Gasteiger partial charge in [0.2, 0.25) is 6.19 Å². The van der Waals surface area contributed by atoms with E-state index in [2.05, 4.69) is 21.4 Å². The summed E-state index contributed by atoms with van der Waals surface area (Å²) in [5.74, 6) is -0.242. The van der Waals surface area contributed by atoms with Gasteiger partial charge in [0.25, 0.3) is 5.91 Å². The summed E-state index contributed by atoms with van der Waals surface area (Å²) in [6.07, 6.45) is 7.47. The molecule has 1 aliphatic heterocycles. The Labute approximate surface area is 163 Å². The van der Waals surface area contributed by atoms with E-state index in [4.69, 9.17) is 5.26 Å². The zero-order chi connectivity index (χ0) is 18.6. The lowest BCUT2D eigenvalue weighted by molar-refractivity contribution is -0.115. The predicted molar refractivity (Wildman–Crippen MR) is 112 cm³/mol. The Hall–Kier alpha value is -3.21. The molecule has 27 heavy (non-hydrogen) atoms. The van der Waals surface area contributed by atoms with E-state index in [1.165, 1.54) is 4.70 Å². The third-order valence-electron chi connectivity index (χ3n) is 3.77. The average molecular weight is 388 g/mol. The molecule has 0 radical (unpaired) electrons. The van der Waals surface area contributed by atoms with Crippen molar-refractivity contribution in [2.45, 2.75) is 0 Å². The summed E-state index contributed by atoms with van der Waals surface area (Å²) in [5.41, 5.74) is 2.96. The predicted octanol–water partition coefficient (Wildman–Crippen LogP) is 4.51. The first-order chi connectivity index (χ1) is 13.2. The minimum atomic E-state index is -0.242. The van der Waals surface area contributed by atoms with E-state index in [9.17, 15) is 4.79 Å². The van der Waals surface area contributed by atoms with Crippen LogP contribution in [0, 0.1) is 11.5 Å². The Balaban J connectivity index is 1.49. The first kappa shape index (κ1) is 17.2. The van der Waals surface area contributed by atoms with E-state index in [0.717, 1.165) is 33.4 Å². The molecule has 0 bridgehead atoms. The highest BCUT2D eigenvalue weighted by molar-refractivity contribution is 8.18. The number of amidine groups is 1. The van der Waals surface area contributed by atoms with Crippen molar-refractivity contribution in [3.05, 3.63) is 69.6 Å². The monoisotopic (exact) mass is 388 g/mol. The number of para-hydroxylation sites is 1. The van der Waals surface area contributed by atoms with Crippen LogP contribution in [0.1, 0.15) is 16.1 Å². The molecule has 0 saturated carbocycles. The maximum Gasteiger partial charge on any atom is 0.264 e. The van der Waals surface area contributed by atoms with E-state index in [1.807, 2.05) is 54.6 Å². The van der Waals surface area contributed by atoms with Gasteiger partial charge in [-0.3, -0.25) is 10.1 Å². The highest BCUT2D eigenvalue weighted by atomic mass is 32.2. The van der Waals surface area contributed by atoms with E-state index in [0.29, 0.717) is 10.1 Å². The van der Waals surface area contributed by atoms with Gasteiger partial charge in [-0.25, -0.2) is 4.98 Å². The van der Waals surface area contributed by atoms with Crippen molar-refractivity contribution in [2.75, 3.05) is 0 Å². The van der Waals surface area contributed by atoms with Gasteiger partial charge in [-0.15, -0.1) is 16.3 Å². The zero-order valence-corrected chi connectivity index (χ0v) is 15.6. The van der Waals surface area contributed by atoms with Crippen LogP contribution in [-0.4, -0.2) is 16.1 Å². The number of hydrogen-bond donors (Lipinski definition) is 1. The van der Waals surface area contributed by atoms with E-state index >= 15 is 0 Å². The molecule has 2 heterocycles. The zero-order valence-electron chi connectivity index (χ0n) is 13.9. The number of nitrogens with zero attached hydrogens (tertiary/aromatic N) is 3. The largest absolute Gasteiger partial charge is 0.300 e. The molecule has 3 aromatic rings. The molecule has 4 rings (SSSR count). The fraction of sp³-hybridized carbons (Fsp3) is 0. The van der Waals surface area contributed by atoms with Crippen molar-refractivity contribution in [2.24, 2.45) is 4.99 Å². The average Bonchev–Trinajstić information content (AvgIpc) is 3.24. The van der Waals surface area contributed by atoms with Crippen LogP contribution in [-0.2, 0) is 4.79 Å². The van der Waals surface area contributed by atoms with E-state index < -0.39 is 0 Å². The lowest BCUT2D eigenvalue weighted by Crippen LogP contribution is -2.19. The lowest BCUT2D eigenvalue weighted by atomic mass is 10.1. The van der Waals surface area contributed by atoms with Gasteiger partial charge in [-0.2, -0.15) is 5.26 Å². The minimum absolute atomic E-state index is 0.242. The van der Waals surface area contributed by atoms with Gasteiger partial charge in [-0.05, 0) is 47.2 Å². The Morgan fingerprint density at radius 1 is 1.07 bits per heavy atom. The number of benzene rings is 2. The van der Waals surface area contributed by atoms with Gasteiger partial charge in [0, 0.05) is 0 Å². The summed E-state index contributed by atoms with van der Waals surface area (Å²) in [4.78, 5) is 20.5.